The van der Waals surface area contributed by atoms with Crippen LogP contribution in [0.2, 0.25) is 0 Å². The van der Waals surface area contributed by atoms with E-state index in [1.807, 2.05) is 0 Å². The summed E-state index contributed by atoms with van der Waals surface area (Å²) in [6.45, 7) is 4.99. The summed E-state index contributed by atoms with van der Waals surface area (Å²) in [7, 11) is 0. The summed E-state index contributed by atoms with van der Waals surface area (Å²) in [4.78, 5) is 24.5. The van der Waals surface area contributed by atoms with Gasteiger partial charge in [0.05, 0.1) is 25.4 Å². The molecule has 0 aromatic rings. The highest BCUT2D eigenvalue weighted by Crippen LogP contribution is 2.19. The highest BCUT2D eigenvalue weighted by molar-refractivity contribution is 5.76. The van der Waals surface area contributed by atoms with Gasteiger partial charge >= 0.3 is 5.97 Å². The van der Waals surface area contributed by atoms with Crippen molar-refractivity contribution in [3.8, 4) is 0 Å². The Balaban J connectivity index is 3.30. The first-order chi connectivity index (χ1) is 36.5. The number of aliphatic hydroxyl groups excluding tert-OH is 2. The van der Waals surface area contributed by atoms with E-state index in [2.05, 4.69) is 19.2 Å². The molecular formula is C68H135NO5. The molecule has 0 spiro atoms. The second-order valence-electron chi connectivity index (χ2n) is 23.9. The van der Waals surface area contributed by atoms with Crippen molar-refractivity contribution in [2.24, 2.45) is 0 Å². The third-order valence-electron chi connectivity index (χ3n) is 16.4. The van der Waals surface area contributed by atoms with Gasteiger partial charge in [-0.3, -0.25) is 9.59 Å². The molecule has 0 saturated carbocycles. The van der Waals surface area contributed by atoms with Crippen LogP contribution >= 0.6 is 0 Å². The van der Waals surface area contributed by atoms with Crippen LogP contribution in [0.25, 0.3) is 0 Å². The maximum Gasteiger partial charge on any atom is 0.305 e. The molecule has 0 saturated heterocycles. The minimum Gasteiger partial charge on any atom is -0.466 e. The monoisotopic (exact) mass is 1050 g/mol. The number of aliphatic hydroxyl groups is 2. The number of hydrogen-bond donors (Lipinski definition) is 3. The van der Waals surface area contributed by atoms with E-state index in [1.165, 1.54) is 327 Å². The summed E-state index contributed by atoms with van der Waals surface area (Å²) in [6.07, 6.45) is 77.2. The Morgan fingerprint density at radius 1 is 0.324 bits per heavy atom. The van der Waals surface area contributed by atoms with E-state index in [-0.39, 0.29) is 18.5 Å². The molecule has 0 radical (unpaired) electrons. The van der Waals surface area contributed by atoms with Gasteiger partial charge in [0, 0.05) is 12.8 Å². The van der Waals surface area contributed by atoms with Crippen LogP contribution in [0.15, 0.2) is 0 Å². The van der Waals surface area contributed by atoms with Crippen LogP contribution in [-0.4, -0.2) is 47.4 Å². The van der Waals surface area contributed by atoms with Crippen molar-refractivity contribution in [2.75, 3.05) is 13.2 Å². The largest absolute Gasteiger partial charge is 0.466 e. The Bertz CT molecular complexity index is 1070. The Morgan fingerprint density at radius 3 is 0.824 bits per heavy atom. The molecule has 0 aliphatic heterocycles. The second-order valence-corrected chi connectivity index (χ2v) is 23.9. The van der Waals surface area contributed by atoms with E-state index < -0.39 is 12.1 Å². The molecule has 0 aromatic carbocycles. The predicted octanol–water partition coefficient (Wildman–Crippen LogP) is 21.8. The fourth-order valence-electron chi connectivity index (χ4n) is 11.2. The Labute approximate surface area is 464 Å². The van der Waals surface area contributed by atoms with Gasteiger partial charge < -0.3 is 20.3 Å². The summed E-state index contributed by atoms with van der Waals surface area (Å²) in [5.74, 6) is -0.00520. The van der Waals surface area contributed by atoms with E-state index in [1.54, 1.807) is 0 Å². The molecule has 74 heavy (non-hydrogen) atoms. The SMILES string of the molecule is CCCCCCCCCCCCCCCCC(O)C(CO)NC(=O)CCCCCCCCCCCCCCCCCCCCCCCCCCCCCCCCCOC(=O)CCCCCCCCCCCCCC. The number of rotatable bonds is 65. The van der Waals surface area contributed by atoms with Crippen LogP contribution in [-0.2, 0) is 14.3 Å². The number of carbonyl (C=O) groups excluding carboxylic acids is 2. The lowest BCUT2D eigenvalue weighted by Gasteiger charge is -2.22. The summed E-state index contributed by atoms with van der Waals surface area (Å²) in [5, 5.41) is 23.3. The van der Waals surface area contributed by atoms with Crippen molar-refractivity contribution in [3.05, 3.63) is 0 Å². The van der Waals surface area contributed by atoms with E-state index in [9.17, 15) is 19.8 Å². The Kier molecular flexibility index (Phi) is 63.4. The lowest BCUT2D eigenvalue weighted by Crippen LogP contribution is -2.45. The number of nitrogens with one attached hydrogen (secondary N) is 1. The van der Waals surface area contributed by atoms with Crippen molar-refractivity contribution in [1.82, 2.24) is 5.32 Å². The third-order valence-corrected chi connectivity index (χ3v) is 16.4. The maximum atomic E-state index is 12.5. The molecule has 6 nitrogen and oxygen atoms in total. The van der Waals surface area contributed by atoms with Crippen LogP contribution in [0.1, 0.15) is 399 Å². The fraction of sp³-hybridized carbons (Fsp3) is 0.971. The summed E-state index contributed by atoms with van der Waals surface area (Å²) < 4.78 is 5.48. The molecular weight excluding hydrogens is 911 g/mol. The van der Waals surface area contributed by atoms with Gasteiger partial charge in [-0.05, 0) is 25.7 Å². The lowest BCUT2D eigenvalue weighted by atomic mass is 10.0. The van der Waals surface area contributed by atoms with E-state index in [0.29, 0.717) is 25.9 Å². The Hall–Kier alpha value is -1.14. The predicted molar refractivity (Wildman–Crippen MR) is 324 cm³/mol. The topological polar surface area (TPSA) is 95.9 Å². The first kappa shape index (κ1) is 72.9. The number of unbranched alkanes of at least 4 members (excludes halogenated alkanes) is 54. The number of esters is 1. The zero-order valence-corrected chi connectivity index (χ0v) is 50.6. The van der Waals surface area contributed by atoms with Gasteiger partial charge in [-0.15, -0.1) is 0 Å². The highest BCUT2D eigenvalue weighted by Gasteiger charge is 2.20. The van der Waals surface area contributed by atoms with Gasteiger partial charge in [0.2, 0.25) is 5.91 Å². The van der Waals surface area contributed by atoms with Crippen molar-refractivity contribution < 1.29 is 24.5 Å². The lowest BCUT2D eigenvalue weighted by molar-refractivity contribution is -0.143. The molecule has 0 fully saturated rings. The Morgan fingerprint density at radius 2 is 0.554 bits per heavy atom. The van der Waals surface area contributed by atoms with Crippen molar-refractivity contribution in [1.29, 1.82) is 0 Å². The highest BCUT2D eigenvalue weighted by atomic mass is 16.5. The van der Waals surface area contributed by atoms with Crippen molar-refractivity contribution in [3.63, 3.8) is 0 Å². The van der Waals surface area contributed by atoms with Crippen LogP contribution in [0.4, 0.5) is 0 Å². The van der Waals surface area contributed by atoms with Gasteiger partial charge in [0.15, 0.2) is 0 Å². The smallest absolute Gasteiger partial charge is 0.305 e. The average molecular weight is 1050 g/mol. The second kappa shape index (κ2) is 64.4. The standard InChI is InChI=1S/C68H135NO5/c1-3-5-7-9-11-13-15-17-37-40-44-48-52-56-60-66(71)65(64-70)69-67(72)61-57-53-49-45-41-38-35-33-31-29-27-25-23-21-19-18-20-22-24-26-28-30-32-34-36-39-43-47-51-55-59-63-74-68(73)62-58-54-50-46-42-16-14-12-10-8-6-4-2/h65-66,70-71H,3-64H2,1-2H3,(H,69,72). The van der Waals surface area contributed by atoms with Gasteiger partial charge in [-0.2, -0.15) is 0 Å². The summed E-state index contributed by atoms with van der Waals surface area (Å²) in [5.41, 5.74) is 0. The molecule has 0 heterocycles. The molecule has 0 aliphatic rings. The summed E-state index contributed by atoms with van der Waals surface area (Å²) in [6, 6.07) is -0.536. The van der Waals surface area contributed by atoms with Gasteiger partial charge in [-0.25, -0.2) is 0 Å². The third kappa shape index (κ3) is 60.1. The first-order valence-electron chi connectivity index (χ1n) is 34.3. The molecule has 0 rings (SSSR count). The number of amides is 1. The van der Waals surface area contributed by atoms with Gasteiger partial charge in [0.1, 0.15) is 0 Å². The molecule has 0 aromatic heterocycles. The summed E-state index contributed by atoms with van der Waals surface area (Å²) >= 11 is 0. The minimum absolute atomic E-state index is 0.0223. The molecule has 0 bridgehead atoms. The van der Waals surface area contributed by atoms with Gasteiger partial charge in [-0.1, -0.05) is 361 Å². The number of carbonyl (C=O) groups is 2. The molecule has 6 heteroatoms. The van der Waals surface area contributed by atoms with E-state index in [0.717, 1.165) is 38.5 Å². The van der Waals surface area contributed by atoms with Crippen molar-refractivity contribution in [2.45, 2.75) is 411 Å². The molecule has 442 valence electrons. The van der Waals surface area contributed by atoms with Gasteiger partial charge in [0.25, 0.3) is 0 Å². The molecule has 3 N–H and O–H groups in total. The minimum atomic E-state index is -0.659. The number of ether oxygens (including phenoxy) is 1. The van der Waals surface area contributed by atoms with Crippen LogP contribution in [0, 0.1) is 0 Å². The van der Waals surface area contributed by atoms with E-state index >= 15 is 0 Å². The quantitative estimate of drug-likeness (QED) is 0.0417. The van der Waals surface area contributed by atoms with Crippen LogP contribution < -0.4 is 5.32 Å². The fourth-order valence-corrected chi connectivity index (χ4v) is 11.2. The molecule has 1 amide bonds. The molecule has 2 unspecified atom stereocenters. The van der Waals surface area contributed by atoms with Crippen molar-refractivity contribution >= 4 is 11.9 Å². The van der Waals surface area contributed by atoms with Crippen LogP contribution in [0.5, 0.6) is 0 Å². The average Bonchev–Trinajstić information content (AvgIpc) is 3.40. The normalized spacial score (nSPS) is 12.4. The zero-order valence-electron chi connectivity index (χ0n) is 50.6. The van der Waals surface area contributed by atoms with Crippen LogP contribution in [0.3, 0.4) is 0 Å². The molecule has 0 aliphatic carbocycles. The maximum absolute atomic E-state index is 12.5. The van der Waals surface area contributed by atoms with E-state index in [4.69, 9.17) is 4.74 Å². The molecule has 2 atom stereocenters. The number of hydrogen-bond acceptors (Lipinski definition) is 5. The zero-order chi connectivity index (χ0) is 53.6. The first-order valence-corrected chi connectivity index (χ1v) is 34.3.